The van der Waals surface area contributed by atoms with Crippen LogP contribution in [0.25, 0.3) is 0 Å². The second kappa shape index (κ2) is 7.06. The van der Waals surface area contributed by atoms with Crippen molar-refractivity contribution in [2.45, 2.75) is 77.9 Å². The van der Waals surface area contributed by atoms with Crippen LogP contribution in [0, 0.1) is 6.92 Å². The summed E-state index contributed by atoms with van der Waals surface area (Å²) in [5.41, 5.74) is 1.76. The van der Waals surface area contributed by atoms with Gasteiger partial charge in [0.2, 0.25) is 0 Å². The van der Waals surface area contributed by atoms with E-state index >= 15 is 0 Å². The van der Waals surface area contributed by atoms with E-state index in [0.717, 1.165) is 12.6 Å². The molecule has 1 heterocycles. The molecule has 1 aliphatic rings. The third kappa shape index (κ3) is 5.94. The van der Waals surface area contributed by atoms with Crippen molar-refractivity contribution in [2.24, 2.45) is 0 Å². The summed E-state index contributed by atoms with van der Waals surface area (Å²) in [5, 5.41) is 7.17. The molecule has 1 fully saturated rings. The minimum absolute atomic E-state index is 0.201. The summed E-state index contributed by atoms with van der Waals surface area (Å²) in [6.45, 7) is 11.1. The van der Waals surface area contributed by atoms with Gasteiger partial charge in [0, 0.05) is 27.9 Å². The van der Waals surface area contributed by atoms with Crippen molar-refractivity contribution in [1.29, 1.82) is 0 Å². The van der Waals surface area contributed by atoms with E-state index in [0.29, 0.717) is 0 Å². The molecule has 0 amide bonds. The van der Waals surface area contributed by atoms with Crippen LogP contribution in [0.2, 0.25) is 0 Å². The van der Waals surface area contributed by atoms with Gasteiger partial charge in [-0.1, -0.05) is 0 Å². The number of rotatable bonds is 8. The maximum absolute atomic E-state index is 3.59. The number of hydrogen-bond acceptors (Lipinski definition) is 3. The molecule has 20 heavy (non-hydrogen) atoms. The van der Waals surface area contributed by atoms with Gasteiger partial charge in [0.1, 0.15) is 0 Å². The second-order valence-electron chi connectivity index (χ2n) is 7.08. The summed E-state index contributed by atoms with van der Waals surface area (Å²) in [4.78, 5) is 2.98. The number of nitrogens with one attached hydrogen (secondary N) is 2. The molecular formula is C17H30N2S. The Morgan fingerprint density at radius 1 is 1.25 bits per heavy atom. The highest BCUT2D eigenvalue weighted by atomic mass is 32.1. The van der Waals surface area contributed by atoms with E-state index in [-0.39, 0.29) is 5.54 Å². The Hall–Kier alpha value is -0.380. The zero-order chi connectivity index (χ0) is 14.6. The molecule has 0 saturated heterocycles. The van der Waals surface area contributed by atoms with Gasteiger partial charge in [-0.2, -0.15) is 0 Å². The highest BCUT2D eigenvalue weighted by Gasteiger charge is 2.19. The summed E-state index contributed by atoms with van der Waals surface area (Å²) < 4.78 is 0. The first-order valence-electron chi connectivity index (χ1n) is 8.00. The first kappa shape index (κ1) is 16.0. The molecule has 1 aromatic heterocycles. The predicted octanol–water partition coefficient (Wildman–Crippen LogP) is 4.02. The fourth-order valence-corrected chi connectivity index (χ4v) is 3.34. The van der Waals surface area contributed by atoms with Crippen molar-refractivity contribution < 1.29 is 0 Å². The van der Waals surface area contributed by atoms with Gasteiger partial charge in [-0.15, -0.1) is 11.3 Å². The number of thiophene rings is 1. The van der Waals surface area contributed by atoms with E-state index in [2.05, 4.69) is 44.4 Å². The van der Waals surface area contributed by atoms with Crippen LogP contribution in [-0.4, -0.2) is 18.1 Å². The summed E-state index contributed by atoms with van der Waals surface area (Å²) in [7, 11) is 0. The normalized spacial score (nSPS) is 15.8. The van der Waals surface area contributed by atoms with Crippen molar-refractivity contribution in [3.63, 3.8) is 0 Å². The molecule has 2 nitrogen and oxygen atoms in total. The van der Waals surface area contributed by atoms with Crippen LogP contribution in [0.3, 0.4) is 0 Å². The van der Waals surface area contributed by atoms with Gasteiger partial charge >= 0.3 is 0 Å². The van der Waals surface area contributed by atoms with E-state index in [9.17, 15) is 0 Å². The molecule has 0 atom stereocenters. The van der Waals surface area contributed by atoms with Gasteiger partial charge < -0.3 is 10.6 Å². The molecule has 114 valence electrons. The monoisotopic (exact) mass is 294 g/mol. The highest BCUT2D eigenvalue weighted by molar-refractivity contribution is 7.12. The smallest absolute Gasteiger partial charge is 0.0304 e. The van der Waals surface area contributed by atoms with Crippen LogP contribution in [0.5, 0.6) is 0 Å². The van der Waals surface area contributed by atoms with Crippen molar-refractivity contribution in [3.05, 3.63) is 21.4 Å². The first-order chi connectivity index (χ1) is 9.44. The van der Waals surface area contributed by atoms with E-state index in [1.165, 1.54) is 48.4 Å². The van der Waals surface area contributed by atoms with Gasteiger partial charge in [0.25, 0.3) is 0 Å². The average Bonchev–Trinajstić information content (AvgIpc) is 3.10. The molecule has 2 rings (SSSR count). The molecule has 3 heteroatoms. The zero-order valence-electron chi connectivity index (χ0n) is 13.5. The van der Waals surface area contributed by atoms with Crippen LogP contribution in [-0.2, 0) is 13.0 Å². The fraction of sp³-hybridized carbons (Fsp3) is 0.765. The Kier molecular flexibility index (Phi) is 5.65. The molecule has 0 unspecified atom stereocenters. The van der Waals surface area contributed by atoms with Crippen LogP contribution in [0.1, 0.15) is 61.8 Å². The summed E-state index contributed by atoms with van der Waals surface area (Å²) in [6.07, 6.45) is 6.65. The van der Waals surface area contributed by atoms with Crippen LogP contribution in [0.15, 0.2) is 6.07 Å². The molecule has 0 aliphatic heterocycles. The molecule has 1 aliphatic carbocycles. The lowest BCUT2D eigenvalue weighted by Crippen LogP contribution is -2.34. The van der Waals surface area contributed by atoms with Crippen LogP contribution in [0.4, 0.5) is 0 Å². The minimum Gasteiger partial charge on any atom is -0.314 e. The van der Waals surface area contributed by atoms with Gasteiger partial charge in [0.05, 0.1) is 0 Å². The van der Waals surface area contributed by atoms with E-state index in [1.807, 2.05) is 11.3 Å². The van der Waals surface area contributed by atoms with Crippen molar-refractivity contribution >= 4 is 11.3 Å². The first-order valence-corrected chi connectivity index (χ1v) is 8.82. The molecule has 1 saturated carbocycles. The maximum atomic E-state index is 3.59. The molecule has 0 bridgehead atoms. The van der Waals surface area contributed by atoms with Crippen molar-refractivity contribution in [3.8, 4) is 0 Å². The number of unbranched alkanes of at least 4 members (excludes halogenated alkanes) is 1. The summed E-state index contributed by atoms with van der Waals surface area (Å²) in [5.74, 6) is 0. The molecular weight excluding hydrogens is 264 g/mol. The lowest BCUT2D eigenvalue weighted by atomic mass is 10.1. The van der Waals surface area contributed by atoms with Gasteiger partial charge in [-0.25, -0.2) is 0 Å². The standard InChI is InChI=1S/C17H30N2S/c1-13-14(7-5-6-10-18-15-8-9-15)11-16(20-13)12-19-17(2,3)4/h11,15,18-19H,5-10,12H2,1-4H3. The zero-order valence-corrected chi connectivity index (χ0v) is 14.3. The predicted molar refractivity (Wildman–Crippen MR) is 89.6 cm³/mol. The Morgan fingerprint density at radius 3 is 2.65 bits per heavy atom. The molecule has 0 radical (unpaired) electrons. The maximum Gasteiger partial charge on any atom is 0.0304 e. The highest BCUT2D eigenvalue weighted by Crippen LogP contribution is 2.24. The lowest BCUT2D eigenvalue weighted by molar-refractivity contribution is 0.426. The van der Waals surface area contributed by atoms with E-state index in [1.54, 1.807) is 5.56 Å². The van der Waals surface area contributed by atoms with Gasteiger partial charge in [0.15, 0.2) is 0 Å². The lowest BCUT2D eigenvalue weighted by Gasteiger charge is -2.19. The Balaban J connectivity index is 1.69. The van der Waals surface area contributed by atoms with E-state index < -0.39 is 0 Å². The average molecular weight is 295 g/mol. The number of aryl methyl sites for hydroxylation is 2. The van der Waals surface area contributed by atoms with Crippen molar-refractivity contribution in [1.82, 2.24) is 10.6 Å². The number of hydrogen-bond donors (Lipinski definition) is 2. The second-order valence-corrected chi connectivity index (χ2v) is 8.42. The molecule has 2 N–H and O–H groups in total. The van der Waals surface area contributed by atoms with Crippen LogP contribution >= 0.6 is 11.3 Å². The summed E-state index contributed by atoms with van der Waals surface area (Å²) >= 11 is 1.96. The fourth-order valence-electron chi connectivity index (χ4n) is 2.31. The Morgan fingerprint density at radius 2 is 2.00 bits per heavy atom. The SMILES string of the molecule is Cc1sc(CNC(C)(C)C)cc1CCCCNC1CC1. The Labute approximate surface area is 128 Å². The van der Waals surface area contributed by atoms with E-state index in [4.69, 9.17) is 0 Å². The third-order valence-corrected chi connectivity index (χ3v) is 4.84. The largest absolute Gasteiger partial charge is 0.314 e. The Bertz CT molecular complexity index is 413. The summed E-state index contributed by atoms with van der Waals surface area (Å²) in [6, 6.07) is 3.26. The minimum atomic E-state index is 0.201. The van der Waals surface area contributed by atoms with Gasteiger partial charge in [-0.05, 0) is 78.0 Å². The molecule has 0 aromatic carbocycles. The van der Waals surface area contributed by atoms with Crippen LogP contribution < -0.4 is 10.6 Å². The van der Waals surface area contributed by atoms with Crippen molar-refractivity contribution in [2.75, 3.05) is 6.54 Å². The third-order valence-electron chi connectivity index (χ3n) is 3.75. The quantitative estimate of drug-likeness (QED) is 0.708. The molecule has 0 spiro atoms. The van der Waals surface area contributed by atoms with Gasteiger partial charge in [-0.3, -0.25) is 0 Å². The molecule has 1 aromatic rings. The topological polar surface area (TPSA) is 24.1 Å².